The first-order chi connectivity index (χ1) is 7.72. The van der Waals surface area contributed by atoms with Crippen molar-refractivity contribution in [3.05, 3.63) is 11.7 Å². The molecule has 0 bridgehead atoms. The van der Waals surface area contributed by atoms with Crippen LogP contribution in [-0.4, -0.2) is 29.2 Å². The summed E-state index contributed by atoms with van der Waals surface area (Å²) in [5.41, 5.74) is 5.66. The molecule has 1 aromatic heterocycles. The molecule has 3 N–H and O–H groups in total. The fourth-order valence-electron chi connectivity index (χ4n) is 1.15. The predicted octanol–water partition coefficient (Wildman–Crippen LogP) is 1.24. The summed E-state index contributed by atoms with van der Waals surface area (Å²) in [4.78, 5) is 8.25. The third-order valence-electron chi connectivity index (χ3n) is 2.01. The van der Waals surface area contributed by atoms with Gasteiger partial charge in [0.2, 0.25) is 5.89 Å². The van der Waals surface area contributed by atoms with Gasteiger partial charge in [-0.1, -0.05) is 18.5 Å². The van der Waals surface area contributed by atoms with E-state index in [9.17, 15) is 0 Å². The summed E-state index contributed by atoms with van der Waals surface area (Å²) in [7, 11) is 0. The minimum absolute atomic E-state index is 0. The van der Waals surface area contributed by atoms with Gasteiger partial charge in [-0.15, -0.1) is 24.0 Å². The van der Waals surface area contributed by atoms with E-state index in [4.69, 9.17) is 10.3 Å². The summed E-state index contributed by atoms with van der Waals surface area (Å²) >= 11 is 0. The first-order valence-corrected chi connectivity index (χ1v) is 5.55. The van der Waals surface area contributed by atoms with Gasteiger partial charge in [0.25, 0.3) is 0 Å². The van der Waals surface area contributed by atoms with Crippen molar-refractivity contribution in [2.24, 2.45) is 10.7 Å². The third kappa shape index (κ3) is 7.14. The number of guanidine groups is 1. The van der Waals surface area contributed by atoms with Crippen LogP contribution in [0.1, 0.15) is 31.5 Å². The van der Waals surface area contributed by atoms with Gasteiger partial charge in [0, 0.05) is 19.5 Å². The van der Waals surface area contributed by atoms with E-state index in [0.717, 1.165) is 19.4 Å². The molecule has 0 aliphatic heterocycles. The Morgan fingerprint density at radius 2 is 2.29 bits per heavy atom. The SMILES string of the molecule is CCCCN=C(N)NCCc1nc(C)no1.I. The molecule has 0 aliphatic rings. The molecular weight excluding hydrogens is 333 g/mol. The van der Waals surface area contributed by atoms with Crippen molar-refractivity contribution in [3.8, 4) is 0 Å². The maximum Gasteiger partial charge on any atom is 0.228 e. The highest BCUT2D eigenvalue weighted by atomic mass is 127. The first-order valence-electron chi connectivity index (χ1n) is 5.55. The molecule has 0 aliphatic carbocycles. The van der Waals surface area contributed by atoms with Gasteiger partial charge in [-0.2, -0.15) is 4.98 Å². The van der Waals surface area contributed by atoms with Gasteiger partial charge in [-0.3, -0.25) is 4.99 Å². The maximum atomic E-state index is 5.66. The molecular formula is C10H20IN5O. The normalized spacial score (nSPS) is 11.1. The predicted molar refractivity (Wildman–Crippen MR) is 77.6 cm³/mol. The van der Waals surface area contributed by atoms with Gasteiger partial charge in [0.1, 0.15) is 0 Å². The number of nitrogens with one attached hydrogen (secondary N) is 1. The molecule has 1 rings (SSSR count). The van der Waals surface area contributed by atoms with Crippen LogP contribution in [0.5, 0.6) is 0 Å². The molecule has 0 fully saturated rings. The number of unbranched alkanes of at least 4 members (excludes halogenated alkanes) is 1. The van der Waals surface area contributed by atoms with E-state index in [2.05, 4.69) is 27.4 Å². The number of halogens is 1. The number of rotatable bonds is 6. The minimum atomic E-state index is 0. The molecule has 6 nitrogen and oxygen atoms in total. The quantitative estimate of drug-likeness (QED) is 0.348. The average molecular weight is 353 g/mol. The smallest absolute Gasteiger partial charge is 0.228 e. The summed E-state index contributed by atoms with van der Waals surface area (Å²) in [6.45, 7) is 5.34. The van der Waals surface area contributed by atoms with Crippen molar-refractivity contribution in [1.82, 2.24) is 15.5 Å². The Labute approximate surface area is 118 Å². The zero-order valence-corrected chi connectivity index (χ0v) is 12.6. The lowest BCUT2D eigenvalue weighted by Crippen LogP contribution is -2.33. The van der Waals surface area contributed by atoms with E-state index in [0.29, 0.717) is 30.6 Å². The fraction of sp³-hybridized carbons (Fsp3) is 0.700. The van der Waals surface area contributed by atoms with E-state index in [1.54, 1.807) is 6.92 Å². The van der Waals surface area contributed by atoms with Crippen LogP contribution in [0.3, 0.4) is 0 Å². The fourth-order valence-corrected chi connectivity index (χ4v) is 1.15. The number of hydrogen-bond donors (Lipinski definition) is 2. The molecule has 0 saturated heterocycles. The molecule has 0 radical (unpaired) electrons. The van der Waals surface area contributed by atoms with Gasteiger partial charge in [-0.05, 0) is 13.3 Å². The van der Waals surface area contributed by atoms with Crippen LogP contribution in [0.25, 0.3) is 0 Å². The van der Waals surface area contributed by atoms with Gasteiger partial charge < -0.3 is 15.6 Å². The summed E-state index contributed by atoms with van der Waals surface area (Å²) < 4.78 is 4.96. The number of nitrogens with zero attached hydrogens (tertiary/aromatic N) is 3. The van der Waals surface area contributed by atoms with Crippen molar-refractivity contribution in [3.63, 3.8) is 0 Å². The van der Waals surface area contributed by atoms with Gasteiger partial charge in [-0.25, -0.2) is 0 Å². The van der Waals surface area contributed by atoms with E-state index in [1.165, 1.54) is 0 Å². The Hall–Kier alpha value is -0.860. The van der Waals surface area contributed by atoms with Crippen molar-refractivity contribution in [1.29, 1.82) is 0 Å². The molecule has 98 valence electrons. The Bertz CT molecular complexity index is 339. The lowest BCUT2D eigenvalue weighted by atomic mass is 10.3. The summed E-state index contributed by atoms with van der Waals surface area (Å²) in [6.07, 6.45) is 2.84. The third-order valence-corrected chi connectivity index (χ3v) is 2.01. The number of aliphatic imine (C=N–C) groups is 1. The van der Waals surface area contributed by atoms with E-state index in [-0.39, 0.29) is 24.0 Å². The summed E-state index contributed by atoms with van der Waals surface area (Å²) in [5, 5.41) is 6.70. The standard InChI is InChI=1S/C10H19N5O.HI/c1-3-4-6-12-10(11)13-7-5-9-14-8(2)15-16-9;/h3-7H2,1-2H3,(H3,11,12,13);1H. The van der Waals surface area contributed by atoms with Gasteiger partial charge in [0.05, 0.1) is 0 Å². The van der Waals surface area contributed by atoms with Gasteiger partial charge in [0.15, 0.2) is 11.8 Å². The number of nitrogens with two attached hydrogens (primary N) is 1. The molecule has 1 aromatic rings. The number of aryl methyl sites for hydroxylation is 1. The molecule has 0 unspecified atom stereocenters. The van der Waals surface area contributed by atoms with E-state index < -0.39 is 0 Å². The average Bonchev–Trinajstić information content (AvgIpc) is 2.65. The van der Waals surface area contributed by atoms with Crippen LogP contribution in [0, 0.1) is 6.92 Å². The van der Waals surface area contributed by atoms with Crippen molar-refractivity contribution in [2.75, 3.05) is 13.1 Å². The van der Waals surface area contributed by atoms with Crippen LogP contribution in [0.4, 0.5) is 0 Å². The zero-order chi connectivity index (χ0) is 11.8. The molecule has 0 atom stereocenters. The second-order valence-electron chi connectivity index (χ2n) is 3.53. The largest absolute Gasteiger partial charge is 0.370 e. The van der Waals surface area contributed by atoms with Crippen LogP contribution < -0.4 is 11.1 Å². The van der Waals surface area contributed by atoms with E-state index in [1.807, 2.05) is 0 Å². The lowest BCUT2D eigenvalue weighted by molar-refractivity contribution is 0.374. The highest BCUT2D eigenvalue weighted by Gasteiger charge is 2.01. The Morgan fingerprint density at radius 3 is 2.88 bits per heavy atom. The molecule has 1 heterocycles. The second kappa shape index (κ2) is 9.20. The Balaban J connectivity index is 0.00000256. The van der Waals surface area contributed by atoms with Gasteiger partial charge >= 0.3 is 0 Å². The minimum Gasteiger partial charge on any atom is -0.370 e. The molecule has 0 spiro atoms. The van der Waals surface area contributed by atoms with Crippen molar-refractivity contribution < 1.29 is 4.52 Å². The molecule has 0 amide bonds. The lowest BCUT2D eigenvalue weighted by Gasteiger charge is -2.02. The maximum absolute atomic E-state index is 5.66. The monoisotopic (exact) mass is 353 g/mol. The highest BCUT2D eigenvalue weighted by Crippen LogP contribution is 1.95. The molecule has 0 aromatic carbocycles. The van der Waals surface area contributed by atoms with Crippen molar-refractivity contribution >= 4 is 29.9 Å². The van der Waals surface area contributed by atoms with Crippen LogP contribution in [0.15, 0.2) is 9.52 Å². The van der Waals surface area contributed by atoms with Crippen LogP contribution in [-0.2, 0) is 6.42 Å². The first kappa shape index (κ1) is 16.1. The Morgan fingerprint density at radius 1 is 1.53 bits per heavy atom. The Kier molecular flexibility index (Phi) is 8.73. The summed E-state index contributed by atoms with van der Waals surface area (Å²) in [6, 6.07) is 0. The number of hydrogen-bond acceptors (Lipinski definition) is 4. The second-order valence-corrected chi connectivity index (χ2v) is 3.53. The van der Waals surface area contributed by atoms with Crippen LogP contribution >= 0.6 is 24.0 Å². The van der Waals surface area contributed by atoms with E-state index >= 15 is 0 Å². The molecule has 17 heavy (non-hydrogen) atoms. The highest BCUT2D eigenvalue weighted by molar-refractivity contribution is 14.0. The topological polar surface area (TPSA) is 89.3 Å². The molecule has 7 heteroatoms. The van der Waals surface area contributed by atoms with Crippen LogP contribution in [0.2, 0.25) is 0 Å². The molecule has 0 saturated carbocycles. The number of aromatic nitrogens is 2. The zero-order valence-electron chi connectivity index (χ0n) is 10.3. The van der Waals surface area contributed by atoms with Crippen molar-refractivity contribution in [2.45, 2.75) is 33.1 Å². The summed E-state index contributed by atoms with van der Waals surface area (Å²) in [5.74, 6) is 1.75.